The minimum Gasteiger partial charge on any atom is -0.368 e. The molecule has 1 aliphatic carbocycles. The molecule has 1 heteroatoms. The average Bonchev–Trinajstić information content (AvgIpc) is 2.21. The monoisotopic (exact) mass is 166 g/mol. The first-order valence-electron chi connectivity index (χ1n) is 5.34. The van der Waals surface area contributed by atoms with Gasteiger partial charge in [-0.1, -0.05) is 32.1 Å². The van der Waals surface area contributed by atoms with Crippen LogP contribution in [-0.4, -0.2) is 6.61 Å². The molecule has 68 valence electrons. The first-order chi connectivity index (χ1) is 5.97. The normalized spacial score (nSPS) is 33.5. The summed E-state index contributed by atoms with van der Waals surface area (Å²) < 4.78 is 5.29. The number of rotatable bonds is 1. The lowest BCUT2D eigenvalue weighted by Crippen LogP contribution is -2.23. The fraction of sp³-hybridized carbons (Fsp3) is 0.909. The van der Waals surface area contributed by atoms with Crippen molar-refractivity contribution in [1.29, 1.82) is 0 Å². The van der Waals surface area contributed by atoms with Crippen LogP contribution in [0.5, 0.6) is 0 Å². The molecule has 1 aliphatic heterocycles. The van der Waals surface area contributed by atoms with Crippen LogP contribution in [0.15, 0.2) is 0 Å². The van der Waals surface area contributed by atoms with Crippen LogP contribution in [0.3, 0.4) is 0 Å². The summed E-state index contributed by atoms with van der Waals surface area (Å²) in [6.07, 6.45) is 9.72. The lowest BCUT2D eigenvalue weighted by molar-refractivity contribution is 0.0783. The second-order valence-corrected chi connectivity index (χ2v) is 4.11. The predicted octanol–water partition coefficient (Wildman–Crippen LogP) is 3.03. The molecule has 2 rings (SSSR count). The molecule has 1 nitrogen and oxygen atoms in total. The molecule has 1 atom stereocenters. The van der Waals surface area contributed by atoms with Crippen molar-refractivity contribution in [2.45, 2.75) is 44.9 Å². The quantitative estimate of drug-likeness (QED) is 0.581. The second kappa shape index (κ2) is 4.27. The van der Waals surface area contributed by atoms with Crippen LogP contribution in [0.25, 0.3) is 0 Å². The van der Waals surface area contributed by atoms with E-state index >= 15 is 0 Å². The Kier molecular flexibility index (Phi) is 3.04. The smallest absolute Gasteiger partial charge is 0.135 e. The lowest BCUT2D eigenvalue weighted by atomic mass is 9.78. The van der Waals surface area contributed by atoms with Gasteiger partial charge in [-0.05, 0) is 24.7 Å². The average molecular weight is 166 g/mol. The van der Waals surface area contributed by atoms with Crippen LogP contribution < -0.4 is 0 Å². The molecule has 2 fully saturated rings. The molecular weight excluding hydrogens is 148 g/mol. The van der Waals surface area contributed by atoms with E-state index in [1.165, 1.54) is 44.9 Å². The summed E-state index contributed by atoms with van der Waals surface area (Å²) in [5, 5.41) is 0. The Morgan fingerprint density at radius 2 is 1.75 bits per heavy atom. The molecule has 0 bridgehead atoms. The predicted molar refractivity (Wildman–Crippen MR) is 48.5 cm³/mol. The summed E-state index contributed by atoms with van der Waals surface area (Å²) in [7, 11) is 0. The Morgan fingerprint density at radius 1 is 0.917 bits per heavy atom. The van der Waals surface area contributed by atoms with E-state index in [0.717, 1.165) is 12.5 Å². The van der Waals surface area contributed by atoms with Crippen LogP contribution in [0.4, 0.5) is 0 Å². The Morgan fingerprint density at radius 3 is 2.42 bits per heavy atom. The molecule has 1 unspecified atom stereocenters. The van der Waals surface area contributed by atoms with Crippen molar-refractivity contribution in [3.8, 4) is 0 Å². The summed E-state index contributed by atoms with van der Waals surface area (Å²) in [4.78, 5) is 0. The fourth-order valence-corrected chi connectivity index (χ4v) is 2.47. The topological polar surface area (TPSA) is 9.23 Å². The third-order valence-electron chi connectivity index (χ3n) is 3.22. The number of hydrogen-bond acceptors (Lipinski definition) is 1. The van der Waals surface area contributed by atoms with Gasteiger partial charge in [-0.25, -0.2) is 0 Å². The zero-order valence-electron chi connectivity index (χ0n) is 7.72. The highest BCUT2D eigenvalue weighted by molar-refractivity contribution is 4.81. The van der Waals surface area contributed by atoms with Crippen LogP contribution in [0, 0.1) is 18.4 Å². The van der Waals surface area contributed by atoms with E-state index in [1.54, 1.807) is 0 Å². The van der Waals surface area contributed by atoms with E-state index < -0.39 is 0 Å². The van der Waals surface area contributed by atoms with Crippen molar-refractivity contribution in [2.75, 3.05) is 6.61 Å². The molecule has 0 aromatic carbocycles. The van der Waals surface area contributed by atoms with Crippen molar-refractivity contribution in [3.05, 3.63) is 6.61 Å². The third kappa shape index (κ3) is 2.01. The van der Waals surface area contributed by atoms with Gasteiger partial charge in [0, 0.05) is 6.61 Å². The van der Waals surface area contributed by atoms with Crippen molar-refractivity contribution in [3.63, 3.8) is 0 Å². The van der Waals surface area contributed by atoms with Crippen molar-refractivity contribution < 1.29 is 4.74 Å². The van der Waals surface area contributed by atoms with E-state index in [0.29, 0.717) is 5.92 Å². The van der Waals surface area contributed by atoms with E-state index in [-0.39, 0.29) is 0 Å². The Balaban J connectivity index is 1.80. The second-order valence-electron chi connectivity index (χ2n) is 4.11. The zero-order chi connectivity index (χ0) is 8.23. The summed E-state index contributed by atoms with van der Waals surface area (Å²) >= 11 is 0. The van der Waals surface area contributed by atoms with Gasteiger partial charge < -0.3 is 4.74 Å². The van der Waals surface area contributed by atoms with Crippen LogP contribution in [0.2, 0.25) is 0 Å². The van der Waals surface area contributed by atoms with Crippen molar-refractivity contribution in [1.82, 2.24) is 0 Å². The zero-order valence-corrected chi connectivity index (χ0v) is 7.72. The maximum atomic E-state index is 5.29. The molecule has 0 aromatic heterocycles. The Bertz CT molecular complexity index is 105. The summed E-state index contributed by atoms with van der Waals surface area (Å²) in [6, 6.07) is 0. The maximum absolute atomic E-state index is 5.29. The number of ether oxygens (including phenoxy) is 1. The van der Waals surface area contributed by atoms with Gasteiger partial charge in [0.15, 0.2) is 0 Å². The van der Waals surface area contributed by atoms with Crippen LogP contribution >= 0.6 is 0 Å². The summed E-state index contributed by atoms with van der Waals surface area (Å²) in [6.45, 7) is 4.09. The molecule has 1 saturated carbocycles. The molecule has 1 heterocycles. The standard InChI is InChI=1S/C11H18O/c1-2-5-10(6-3-1)11-7-4-8-12-9-11/h10-11H,1-8H2. The minimum atomic E-state index is 0.666. The molecule has 0 amide bonds. The van der Waals surface area contributed by atoms with E-state index in [2.05, 4.69) is 6.61 Å². The number of hydrogen-bond donors (Lipinski definition) is 0. The first kappa shape index (κ1) is 8.55. The molecule has 2 radical (unpaired) electrons. The van der Waals surface area contributed by atoms with Crippen molar-refractivity contribution in [2.24, 2.45) is 11.8 Å². The molecule has 12 heavy (non-hydrogen) atoms. The maximum Gasteiger partial charge on any atom is 0.135 e. The van der Waals surface area contributed by atoms with E-state index in [4.69, 9.17) is 4.74 Å². The Hall–Kier alpha value is -0.0400. The van der Waals surface area contributed by atoms with Gasteiger partial charge in [-0.15, -0.1) is 0 Å². The van der Waals surface area contributed by atoms with Gasteiger partial charge in [-0.2, -0.15) is 0 Å². The third-order valence-corrected chi connectivity index (χ3v) is 3.22. The molecule has 0 spiro atoms. The molecule has 1 saturated heterocycles. The van der Waals surface area contributed by atoms with Gasteiger partial charge in [0.05, 0.1) is 0 Å². The lowest BCUT2D eigenvalue weighted by Gasteiger charge is -2.31. The highest BCUT2D eigenvalue weighted by atomic mass is 16.5. The molecule has 0 N–H and O–H groups in total. The Labute approximate surface area is 75.5 Å². The van der Waals surface area contributed by atoms with Gasteiger partial charge in [-0.3, -0.25) is 0 Å². The van der Waals surface area contributed by atoms with Gasteiger partial charge in [0.2, 0.25) is 0 Å². The first-order valence-corrected chi connectivity index (χ1v) is 5.34. The van der Waals surface area contributed by atoms with E-state index in [1.807, 2.05) is 0 Å². The fourth-order valence-electron chi connectivity index (χ4n) is 2.47. The molecular formula is C11H18O. The highest BCUT2D eigenvalue weighted by Gasteiger charge is 2.26. The van der Waals surface area contributed by atoms with Gasteiger partial charge in [0.25, 0.3) is 0 Å². The van der Waals surface area contributed by atoms with Gasteiger partial charge in [0.1, 0.15) is 6.61 Å². The largest absolute Gasteiger partial charge is 0.368 e. The molecule has 2 aliphatic rings. The van der Waals surface area contributed by atoms with Gasteiger partial charge >= 0.3 is 0 Å². The highest BCUT2D eigenvalue weighted by Crippen LogP contribution is 2.35. The van der Waals surface area contributed by atoms with Crippen LogP contribution in [0.1, 0.15) is 44.9 Å². The van der Waals surface area contributed by atoms with Crippen molar-refractivity contribution >= 4 is 0 Å². The molecule has 0 aromatic rings. The minimum absolute atomic E-state index is 0.666. The summed E-state index contributed by atoms with van der Waals surface area (Å²) in [5.41, 5.74) is 0. The van der Waals surface area contributed by atoms with E-state index in [9.17, 15) is 0 Å². The SMILES string of the molecule is [C]1OCCCC1C1CCCCC1. The summed E-state index contributed by atoms with van der Waals surface area (Å²) in [5.74, 6) is 1.57. The van der Waals surface area contributed by atoms with Crippen LogP contribution in [-0.2, 0) is 4.74 Å².